The number of benzene rings is 2. The first-order valence-corrected chi connectivity index (χ1v) is 6.10. The fourth-order valence-corrected chi connectivity index (χ4v) is 1.70. The van der Waals surface area contributed by atoms with Crippen LogP contribution >= 0.6 is 0 Å². The fourth-order valence-electron chi connectivity index (χ4n) is 1.70. The summed E-state index contributed by atoms with van der Waals surface area (Å²) in [6.45, 7) is 1.66. The van der Waals surface area contributed by atoms with E-state index in [0.717, 1.165) is 5.56 Å². The number of rotatable bonds is 4. The van der Waals surface area contributed by atoms with Gasteiger partial charge < -0.3 is 10.6 Å². The lowest BCUT2D eigenvalue weighted by Gasteiger charge is -2.10. The molecule has 5 heteroatoms. The molecule has 0 bridgehead atoms. The van der Waals surface area contributed by atoms with Crippen molar-refractivity contribution in [3.63, 3.8) is 0 Å². The molecule has 0 radical (unpaired) electrons. The number of aryl methyl sites for hydroxylation is 1. The number of halogens is 2. The number of amides is 1. The normalized spacial score (nSPS) is 10.2. The van der Waals surface area contributed by atoms with E-state index in [2.05, 4.69) is 10.6 Å². The molecule has 0 aliphatic heterocycles. The first-order valence-electron chi connectivity index (χ1n) is 6.10. The highest BCUT2D eigenvalue weighted by molar-refractivity contribution is 5.94. The van der Waals surface area contributed by atoms with Crippen LogP contribution in [0.2, 0.25) is 0 Å². The Hall–Kier alpha value is -2.43. The maximum Gasteiger partial charge on any atom is 0.243 e. The molecule has 1 amide bonds. The minimum Gasteiger partial charge on any atom is -0.374 e. The van der Waals surface area contributed by atoms with Crippen molar-refractivity contribution < 1.29 is 13.6 Å². The Bertz CT molecular complexity index is 629. The predicted octanol–water partition coefficient (Wildman–Crippen LogP) is 3.32. The van der Waals surface area contributed by atoms with Gasteiger partial charge in [0.15, 0.2) is 0 Å². The molecule has 0 aliphatic carbocycles. The van der Waals surface area contributed by atoms with E-state index in [1.54, 1.807) is 25.1 Å². The largest absolute Gasteiger partial charge is 0.374 e. The molecule has 2 rings (SSSR count). The van der Waals surface area contributed by atoms with Gasteiger partial charge in [-0.1, -0.05) is 18.2 Å². The van der Waals surface area contributed by atoms with Crippen LogP contribution in [0.5, 0.6) is 0 Å². The molecule has 0 heterocycles. The van der Waals surface area contributed by atoms with Crippen LogP contribution in [0.1, 0.15) is 5.56 Å². The van der Waals surface area contributed by atoms with E-state index in [1.165, 1.54) is 24.3 Å². The van der Waals surface area contributed by atoms with Crippen molar-refractivity contribution in [1.29, 1.82) is 0 Å². The zero-order chi connectivity index (χ0) is 14.5. The standard InChI is InChI=1S/C15H14F2N2O/c1-10-6-7-11(16)8-14(10)19-15(20)9-18-13-5-3-2-4-12(13)17/h2-8,18H,9H2,1H3,(H,19,20). The molecule has 3 nitrogen and oxygen atoms in total. The number of carbonyl (C=O) groups excluding carboxylic acids is 1. The van der Waals surface area contributed by atoms with E-state index in [0.29, 0.717) is 5.69 Å². The Kier molecular flexibility index (Phi) is 4.30. The van der Waals surface area contributed by atoms with Crippen LogP contribution in [-0.4, -0.2) is 12.5 Å². The van der Waals surface area contributed by atoms with Gasteiger partial charge in [0.05, 0.1) is 12.2 Å². The Morgan fingerprint density at radius 3 is 2.60 bits per heavy atom. The second-order valence-electron chi connectivity index (χ2n) is 4.34. The summed E-state index contributed by atoms with van der Waals surface area (Å²) < 4.78 is 26.4. The maximum atomic E-state index is 13.3. The van der Waals surface area contributed by atoms with Gasteiger partial charge in [-0.2, -0.15) is 0 Å². The van der Waals surface area contributed by atoms with Gasteiger partial charge >= 0.3 is 0 Å². The van der Waals surface area contributed by atoms with Crippen molar-refractivity contribution in [2.24, 2.45) is 0 Å². The summed E-state index contributed by atoms with van der Waals surface area (Å²) in [5.41, 5.74) is 1.41. The number of para-hydroxylation sites is 1. The summed E-state index contributed by atoms with van der Waals surface area (Å²) in [6.07, 6.45) is 0. The Morgan fingerprint density at radius 1 is 1.10 bits per heavy atom. The predicted molar refractivity (Wildman–Crippen MR) is 74.7 cm³/mol. The van der Waals surface area contributed by atoms with E-state index in [4.69, 9.17) is 0 Å². The summed E-state index contributed by atoms with van der Waals surface area (Å²) in [5, 5.41) is 5.26. The number of hydrogen-bond acceptors (Lipinski definition) is 2. The van der Waals surface area contributed by atoms with Crippen LogP contribution in [0.4, 0.5) is 20.2 Å². The molecule has 0 unspecified atom stereocenters. The Balaban J connectivity index is 1.96. The van der Waals surface area contributed by atoms with Gasteiger partial charge in [0.2, 0.25) is 5.91 Å². The molecule has 0 aromatic heterocycles. The van der Waals surface area contributed by atoms with E-state index in [1.807, 2.05) is 0 Å². The first-order chi connectivity index (χ1) is 9.56. The number of anilines is 2. The molecule has 2 aromatic carbocycles. The van der Waals surface area contributed by atoms with Crippen molar-refractivity contribution in [2.45, 2.75) is 6.92 Å². The van der Waals surface area contributed by atoms with E-state index >= 15 is 0 Å². The summed E-state index contributed by atoms with van der Waals surface area (Å²) in [6, 6.07) is 10.2. The van der Waals surface area contributed by atoms with Gasteiger partial charge in [-0.15, -0.1) is 0 Å². The van der Waals surface area contributed by atoms with Gasteiger partial charge in [-0.3, -0.25) is 4.79 Å². The molecule has 20 heavy (non-hydrogen) atoms. The third kappa shape index (κ3) is 3.54. The van der Waals surface area contributed by atoms with Gasteiger partial charge in [0.1, 0.15) is 11.6 Å². The summed E-state index contributed by atoms with van der Waals surface area (Å²) in [4.78, 5) is 11.7. The summed E-state index contributed by atoms with van der Waals surface area (Å²) >= 11 is 0. The van der Waals surface area contributed by atoms with Crippen molar-refractivity contribution in [3.05, 3.63) is 59.7 Å². The van der Waals surface area contributed by atoms with Crippen LogP contribution in [0, 0.1) is 18.6 Å². The van der Waals surface area contributed by atoms with Gasteiger partial charge in [-0.25, -0.2) is 8.78 Å². The zero-order valence-electron chi connectivity index (χ0n) is 10.9. The summed E-state index contributed by atoms with van der Waals surface area (Å²) in [5.74, 6) is -1.22. The van der Waals surface area contributed by atoms with E-state index in [-0.39, 0.29) is 18.1 Å². The first kappa shape index (κ1) is 14.0. The highest BCUT2D eigenvalue weighted by Gasteiger charge is 2.07. The molecule has 0 saturated heterocycles. The number of hydrogen-bond donors (Lipinski definition) is 2. The molecule has 0 spiro atoms. The van der Waals surface area contributed by atoms with Crippen molar-refractivity contribution in [1.82, 2.24) is 0 Å². The minimum absolute atomic E-state index is 0.100. The zero-order valence-corrected chi connectivity index (χ0v) is 10.9. The average Bonchev–Trinajstić information content (AvgIpc) is 2.42. The van der Waals surface area contributed by atoms with Crippen molar-refractivity contribution in [2.75, 3.05) is 17.2 Å². The molecule has 0 atom stereocenters. The topological polar surface area (TPSA) is 41.1 Å². The summed E-state index contributed by atoms with van der Waals surface area (Å²) in [7, 11) is 0. The highest BCUT2D eigenvalue weighted by Crippen LogP contribution is 2.16. The molecule has 0 fully saturated rings. The molecule has 2 N–H and O–H groups in total. The van der Waals surface area contributed by atoms with E-state index < -0.39 is 11.6 Å². The lowest BCUT2D eigenvalue weighted by Crippen LogP contribution is -2.22. The average molecular weight is 276 g/mol. The van der Waals surface area contributed by atoms with Crippen LogP contribution in [0.3, 0.4) is 0 Å². The molecular weight excluding hydrogens is 262 g/mol. The lowest BCUT2D eigenvalue weighted by atomic mass is 10.2. The molecule has 0 aliphatic rings. The lowest BCUT2D eigenvalue weighted by molar-refractivity contribution is -0.114. The molecule has 0 saturated carbocycles. The number of carbonyl (C=O) groups is 1. The van der Waals surface area contributed by atoms with E-state index in [9.17, 15) is 13.6 Å². The monoisotopic (exact) mass is 276 g/mol. The fraction of sp³-hybridized carbons (Fsp3) is 0.133. The van der Waals surface area contributed by atoms with Crippen LogP contribution in [-0.2, 0) is 4.79 Å². The third-order valence-corrected chi connectivity index (χ3v) is 2.79. The Morgan fingerprint density at radius 2 is 1.85 bits per heavy atom. The minimum atomic E-state index is -0.428. The molecule has 104 valence electrons. The van der Waals surface area contributed by atoms with Gasteiger partial charge in [0.25, 0.3) is 0 Å². The third-order valence-electron chi connectivity index (χ3n) is 2.79. The quantitative estimate of drug-likeness (QED) is 0.899. The second kappa shape index (κ2) is 6.14. The second-order valence-corrected chi connectivity index (χ2v) is 4.34. The van der Waals surface area contributed by atoms with Crippen molar-refractivity contribution in [3.8, 4) is 0 Å². The SMILES string of the molecule is Cc1ccc(F)cc1NC(=O)CNc1ccccc1F. The maximum absolute atomic E-state index is 13.3. The number of nitrogens with one attached hydrogen (secondary N) is 2. The van der Waals surface area contributed by atoms with Crippen LogP contribution in [0.15, 0.2) is 42.5 Å². The highest BCUT2D eigenvalue weighted by atomic mass is 19.1. The smallest absolute Gasteiger partial charge is 0.243 e. The molecular formula is C15H14F2N2O. The van der Waals surface area contributed by atoms with Crippen molar-refractivity contribution >= 4 is 17.3 Å². The molecule has 2 aromatic rings. The van der Waals surface area contributed by atoms with Crippen LogP contribution < -0.4 is 10.6 Å². The van der Waals surface area contributed by atoms with Crippen LogP contribution in [0.25, 0.3) is 0 Å². The van der Waals surface area contributed by atoms with Gasteiger partial charge in [0, 0.05) is 5.69 Å². The Labute approximate surface area is 115 Å². The van der Waals surface area contributed by atoms with Gasteiger partial charge in [-0.05, 0) is 36.8 Å².